The summed E-state index contributed by atoms with van der Waals surface area (Å²) in [6, 6.07) is 31.5. The highest BCUT2D eigenvalue weighted by Gasteiger charge is 2.47. The largest absolute Gasteiger partial charge is 0.465 e. The average molecular weight is 865 g/mol. The molecule has 12 unspecified atom stereocenters. The molecule has 0 aliphatic carbocycles. The summed E-state index contributed by atoms with van der Waals surface area (Å²) in [5.74, 6) is -1.44. The highest BCUT2D eigenvalue weighted by atomic mass is 16.5. The van der Waals surface area contributed by atoms with E-state index < -0.39 is 0 Å². The number of benzene rings is 4. The molecule has 332 valence electrons. The number of carbonyl (C=O) groups excluding carboxylic acids is 4. The molecule has 5 heterocycles. The van der Waals surface area contributed by atoms with Crippen molar-refractivity contribution in [3.8, 4) is 0 Å². The molecule has 0 aromatic heterocycles. The molecule has 8 bridgehead atoms. The van der Waals surface area contributed by atoms with E-state index in [0.29, 0.717) is 22.3 Å². The van der Waals surface area contributed by atoms with Gasteiger partial charge in [0, 0.05) is 72.0 Å². The van der Waals surface area contributed by atoms with Gasteiger partial charge in [-0.1, -0.05) is 72.8 Å². The molecule has 64 heavy (non-hydrogen) atoms. The summed E-state index contributed by atoms with van der Waals surface area (Å²) < 4.78 is 20.2. The molecular weight excluding hydrogens is 809 g/mol. The van der Waals surface area contributed by atoms with Gasteiger partial charge < -0.3 is 40.2 Å². The maximum Gasteiger partial charge on any atom is 0.337 e. The summed E-state index contributed by atoms with van der Waals surface area (Å²) in [6.45, 7) is 0. The minimum absolute atomic E-state index is 0.0111. The van der Waals surface area contributed by atoms with Gasteiger partial charge in [0.05, 0.1) is 50.7 Å². The summed E-state index contributed by atoms with van der Waals surface area (Å²) in [5.41, 5.74) is 6.48. The Bertz CT molecular complexity index is 2070. The molecule has 4 aromatic carbocycles. The number of methoxy groups -OCH3 is 4. The van der Waals surface area contributed by atoms with Crippen LogP contribution in [0.5, 0.6) is 0 Å². The predicted octanol–water partition coefficient (Wildman–Crippen LogP) is 6.32. The minimum Gasteiger partial charge on any atom is -0.465 e. The number of nitrogens with one attached hydrogen (secondary N) is 4. The van der Waals surface area contributed by atoms with Crippen molar-refractivity contribution >= 4 is 23.9 Å². The van der Waals surface area contributed by atoms with Crippen molar-refractivity contribution in [1.82, 2.24) is 21.3 Å². The molecule has 12 heteroatoms. The Kier molecular flexibility index (Phi) is 12.6. The molecule has 0 amide bonds. The fourth-order valence-corrected chi connectivity index (χ4v) is 11.4. The van der Waals surface area contributed by atoms with Crippen LogP contribution in [0, 0.1) is 0 Å². The minimum atomic E-state index is -0.372. The number of hydrogen-bond donors (Lipinski definition) is 4. The third kappa shape index (κ3) is 8.43. The second kappa shape index (κ2) is 18.7. The summed E-state index contributed by atoms with van der Waals surface area (Å²) in [4.78, 5) is 50.2. The predicted molar refractivity (Wildman–Crippen MR) is 242 cm³/mol. The van der Waals surface area contributed by atoms with E-state index in [1.165, 1.54) is 28.4 Å². The van der Waals surface area contributed by atoms with Crippen molar-refractivity contribution < 1.29 is 38.1 Å². The van der Waals surface area contributed by atoms with Crippen LogP contribution >= 0.6 is 0 Å². The standard InChI is InChI=1S/C52H56N4O8/c1-61-49(57)33-13-5-29(6-14-33)45-37-21-23-39(53-37)46(30-7-15-34(16-8-30)50(58)62-2)41-25-27-43(55-41)48(32-11-19-36(20-12-32)52(60)64-4)44-28-26-42(56-44)47(40-24-22-38(45)54-40)31-9-17-35(18-10-31)51(59)63-3/h5-21,23,26,28,37-48,53-56H,22,24-25,27H2,1-4H3. The first kappa shape index (κ1) is 43.3. The summed E-state index contributed by atoms with van der Waals surface area (Å²) in [5, 5.41) is 16.5. The lowest BCUT2D eigenvalue weighted by Crippen LogP contribution is -2.52. The molecule has 3 fully saturated rings. The number of carbonyl (C=O) groups is 4. The van der Waals surface area contributed by atoms with Gasteiger partial charge in [-0.2, -0.15) is 0 Å². The number of hydrogen-bond acceptors (Lipinski definition) is 12. The highest BCUT2D eigenvalue weighted by Crippen LogP contribution is 2.44. The first-order chi connectivity index (χ1) is 31.2. The van der Waals surface area contributed by atoms with Crippen LogP contribution in [0.4, 0.5) is 0 Å². The molecular formula is C52H56N4O8. The smallest absolute Gasteiger partial charge is 0.337 e. The second-order valence-corrected chi connectivity index (χ2v) is 17.7. The van der Waals surface area contributed by atoms with E-state index in [2.05, 4.69) is 94.1 Å². The van der Waals surface area contributed by atoms with Crippen LogP contribution in [0.15, 0.2) is 121 Å². The first-order valence-electron chi connectivity index (χ1n) is 22.3. The maximum absolute atomic E-state index is 12.5. The van der Waals surface area contributed by atoms with Crippen molar-refractivity contribution in [2.45, 2.75) is 97.7 Å². The Balaban J connectivity index is 1.14. The molecule has 3 saturated heterocycles. The van der Waals surface area contributed by atoms with Crippen molar-refractivity contribution in [3.63, 3.8) is 0 Å². The van der Waals surface area contributed by atoms with Crippen LogP contribution < -0.4 is 21.3 Å². The van der Waals surface area contributed by atoms with Crippen LogP contribution in [-0.2, 0) is 18.9 Å². The number of esters is 4. The van der Waals surface area contributed by atoms with Gasteiger partial charge in [-0.15, -0.1) is 0 Å². The van der Waals surface area contributed by atoms with Crippen molar-refractivity contribution in [3.05, 3.63) is 166 Å². The Morgan fingerprint density at radius 2 is 0.547 bits per heavy atom. The number of fused-ring (bicyclic) bond motifs is 8. The fraction of sp³-hybridized carbons (Fsp3) is 0.385. The molecule has 4 N–H and O–H groups in total. The van der Waals surface area contributed by atoms with Crippen LogP contribution in [0.3, 0.4) is 0 Å². The van der Waals surface area contributed by atoms with E-state index in [-0.39, 0.29) is 95.9 Å². The van der Waals surface area contributed by atoms with E-state index in [4.69, 9.17) is 18.9 Å². The van der Waals surface area contributed by atoms with E-state index in [0.717, 1.165) is 47.9 Å². The molecule has 5 aliphatic heterocycles. The van der Waals surface area contributed by atoms with Gasteiger partial charge in [-0.3, -0.25) is 0 Å². The van der Waals surface area contributed by atoms with Gasteiger partial charge in [-0.05, 0) is 96.5 Å². The Labute approximate surface area is 374 Å². The van der Waals surface area contributed by atoms with Gasteiger partial charge in [0.1, 0.15) is 0 Å². The van der Waals surface area contributed by atoms with Crippen LogP contribution in [0.2, 0.25) is 0 Å². The van der Waals surface area contributed by atoms with E-state index in [1.54, 1.807) is 0 Å². The number of rotatable bonds is 8. The molecule has 12 atom stereocenters. The Hall–Kier alpha value is -5.92. The topological polar surface area (TPSA) is 153 Å². The Morgan fingerprint density at radius 1 is 0.344 bits per heavy atom. The van der Waals surface area contributed by atoms with Gasteiger partial charge in [0.25, 0.3) is 0 Å². The van der Waals surface area contributed by atoms with Gasteiger partial charge in [-0.25, -0.2) is 19.2 Å². The quantitative estimate of drug-likeness (QED) is 0.0892. The van der Waals surface area contributed by atoms with Crippen LogP contribution in [0.25, 0.3) is 0 Å². The third-order valence-electron chi connectivity index (χ3n) is 14.4. The summed E-state index contributed by atoms with van der Waals surface area (Å²) >= 11 is 0. The van der Waals surface area contributed by atoms with E-state index in [1.807, 2.05) is 48.5 Å². The highest BCUT2D eigenvalue weighted by molar-refractivity contribution is 5.90. The zero-order valence-corrected chi connectivity index (χ0v) is 36.6. The third-order valence-corrected chi connectivity index (χ3v) is 14.4. The monoisotopic (exact) mass is 864 g/mol. The average Bonchev–Trinajstić information content (AvgIpc) is 4.20. The lowest BCUT2D eigenvalue weighted by atomic mass is 9.82. The molecule has 0 radical (unpaired) electrons. The zero-order chi connectivity index (χ0) is 44.5. The number of ether oxygens (including phenoxy) is 4. The van der Waals surface area contributed by atoms with E-state index >= 15 is 0 Å². The summed E-state index contributed by atoms with van der Waals surface area (Å²) in [7, 11) is 5.59. The SMILES string of the molecule is COC(=O)c1ccc(C2C3C=CC(N3)C(c3ccc(C(=O)OC)cc3)C3CCC(N3)C(c3ccc(C(=O)OC)cc3)C3C=CC(N3)C(c3ccc(C(=O)OC)cc3)C3CCC2N3)cc1. The normalized spacial score (nSPS) is 30.4. The van der Waals surface area contributed by atoms with E-state index in [9.17, 15) is 19.2 Å². The van der Waals surface area contributed by atoms with Gasteiger partial charge in [0.2, 0.25) is 0 Å². The van der Waals surface area contributed by atoms with Gasteiger partial charge >= 0.3 is 23.9 Å². The lowest BCUT2D eigenvalue weighted by Gasteiger charge is -2.38. The molecule has 0 spiro atoms. The molecule has 4 aromatic rings. The maximum atomic E-state index is 12.5. The van der Waals surface area contributed by atoms with Crippen LogP contribution in [-0.4, -0.2) is 101 Å². The summed E-state index contributed by atoms with van der Waals surface area (Å²) in [6.07, 6.45) is 12.9. The molecule has 5 aliphatic rings. The fourth-order valence-electron chi connectivity index (χ4n) is 11.4. The molecule has 0 saturated carbocycles. The first-order valence-corrected chi connectivity index (χ1v) is 22.3. The van der Waals surface area contributed by atoms with Crippen molar-refractivity contribution in [2.24, 2.45) is 0 Å². The molecule has 9 rings (SSSR count). The lowest BCUT2D eigenvalue weighted by molar-refractivity contribution is 0.0592. The van der Waals surface area contributed by atoms with Crippen molar-refractivity contribution in [2.75, 3.05) is 28.4 Å². The van der Waals surface area contributed by atoms with Crippen molar-refractivity contribution in [1.29, 1.82) is 0 Å². The second-order valence-electron chi connectivity index (χ2n) is 17.7. The molecule has 12 nitrogen and oxygen atoms in total. The van der Waals surface area contributed by atoms with Crippen LogP contribution in [0.1, 0.15) is 113 Å². The van der Waals surface area contributed by atoms with Gasteiger partial charge in [0.15, 0.2) is 0 Å². The Morgan fingerprint density at radius 3 is 0.734 bits per heavy atom. The zero-order valence-electron chi connectivity index (χ0n) is 36.6.